The van der Waals surface area contributed by atoms with E-state index in [-0.39, 0.29) is 6.42 Å². The minimum absolute atomic E-state index is 0.0189. The summed E-state index contributed by atoms with van der Waals surface area (Å²) in [4.78, 5) is 22.7. The van der Waals surface area contributed by atoms with Gasteiger partial charge in [0.05, 0.1) is 11.3 Å². The number of carbonyl (C=O) groups is 1. The van der Waals surface area contributed by atoms with Crippen LogP contribution in [0.5, 0.6) is 0 Å². The third-order valence-corrected chi connectivity index (χ3v) is 5.58. The molecule has 150 valence electrons. The van der Waals surface area contributed by atoms with Crippen LogP contribution in [0.1, 0.15) is 42.5 Å². The number of thiophene rings is 1. The standard InChI is InChI=1S/C23H25N3O2S/c1-4-7-17-12-13-20(29-17)23-25-19(6-3)18(5-2)22(26-23)24-16-10-8-15(9-11-16)14-21(27)28/h4,7-13H,5-6,14H2,1-3H3,(H,27,28)(H,24,25,26)/b7-4-. The Kier molecular flexibility index (Phi) is 6.77. The molecule has 2 aromatic heterocycles. The van der Waals surface area contributed by atoms with Crippen LogP contribution in [0.25, 0.3) is 16.8 Å². The van der Waals surface area contributed by atoms with Crippen molar-refractivity contribution < 1.29 is 9.90 Å². The van der Waals surface area contributed by atoms with Crippen LogP contribution in [0.4, 0.5) is 11.5 Å². The molecule has 0 aliphatic rings. The number of nitrogens with zero attached hydrogens (tertiary/aromatic N) is 2. The molecule has 1 aromatic carbocycles. The molecule has 5 nitrogen and oxygen atoms in total. The molecule has 0 saturated carbocycles. The monoisotopic (exact) mass is 407 g/mol. The summed E-state index contributed by atoms with van der Waals surface area (Å²) in [5.74, 6) is 0.700. The molecule has 0 atom stereocenters. The molecule has 0 unspecified atom stereocenters. The van der Waals surface area contributed by atoms with E-state index in [9.17, 15) is 4.79 Å². The Morgan fingerprint density at radius 3 is 2.48 bits per heavy atom. The summed E-state index contributed by atoms with van der Waals surface area (Å²) in [6.07, 6.45) is 5.78. The van der Waals surface area contributed by atoms with Crippen LogP contribution < -0.4 is 5.32 Å². The number of aromatic nitrogens is 2. The third-order valence-electron chi connectivity index (χ3n) is 4.53. The Labute approximate surface area is 175 Å². The van der Waals surface area contributed by atoms with E-state index in [1.807, 2.05) is 37.3 Å². The number of hydrogen-bond donors (Lipinski definition) is 2. The Morgan fingerprint density at radius 2 is 1.86 bits per heavy atom. The third kappa shape index (κ3) is 5.09. The largest absolute Gasteiger partial charge is 0.481 e. The van der Waals surface area contributed by atoms with Crippen molar-refractivity contribution in [3.63, 3.8) is 0 Å². The van der Waals surface area contributed by atoms with Crippen molar-refractivity contribution in [2.75, 3.05) is 5.32 Å². The molecule has 0 spiro atoms. The lowest BCUT2D eigenvalue weighted by molar-refractivity contribution is -0.136. The summed E-state index contributed by atoms with van der Waals surface area (Å²) in [5.41, 5.74) is 3.80. The van der Waals surface area contributed by atoms with E-state index in [2.05, 4.69) is 37.4 Å². The highest BCUT2D eigenvalue weighted by atomic mass is 32.1. The van der Waals surface area contributed by atoms with Crippen molar-refractivity contribution in [2.45, 2.75) is 40.0 Å². The summed E-state index contributed by atoms with van der Waals surface area (Å²) < 4.78 is 0. The van der Waals surface area contributed by atoms with E-state index >= 15 is 0 Å². The van der Waals surface area contributed by atoms with Crippen molar-refractivity contribution in [2.24, 2.45) is 0 Å². The maximum Gasteiger partial charge on any atom is 0.307 e. The van der Waals surface area contributed by atoms with E-state index in [4.69, 9.17) is 15.1 Å². The smallest absolute Gasteiger partial charge is 0.307 e. The molecule has 2 N–H and O–H groups in total. The molecule has 0 aliphatic heterocycles. The second-order valence-corrected chi connectivity index (χ2v) is 7.74. The molecule has 2 heterocycles. The number of anilines is 2. The number of nitrogens with one attached hydrogen (secondary N) is 1. The minimum Gasteiger partial charge on any atom is -0.481 e. The number of hydrogen-bond acceptors (Lipinski definition) is 5. The van der Waals surface area contributed by atoms with Crippen molar-refractivity contribution in [1.29, 1.82) is 0 Å². The summed E-state index contributed by atoms with van der Waals surface area (Å²) in [5, 5.41) is 12.3. The van der Waals surface area contributed by atoms with Gasteiger partial charge < -0.3 is 10.4 Å². The van der Waals surface area contributed by atoms with E-state index in [1.165, 1.54) is 4.88 Å². The lowest BCUT2D eigenvalue weighted by atomic mass is 10.1. The van der Waals surface area contributed by atoms with Gasteiger partial charge in [0.1, 0.15) is 5.82 Å². The Bertz CT molecular complexity index is 1020. The van der Waals surface area contributed by atoms with Gasteiger partial charge in [-0.15, -0.1) is 11.3 Å². The van der Waals surface area contributed by atoms with Gasteiger partial charge in [0.2, 0.25) is 0 Å². The lowest BCUT2D eigenvalue weighted by Crippen LogP contribution is -2.07. The van der Waals surface area contributed by atoms with Gasteiger partial charge in [-0.3, -0.25) is 4.79 Å². The van der Waals surface area contributed by atoms with Crippen molar-refractivity contribution >= 4 is 34.9 Å². The average Bonchev–Trinajstić information content (AvgIpc) is 3.17. The molecule has 0 amide bonds. The summed E-state index contributed by atoms with van der Waals surface area (Å²) in [7, 11) is 0. The van der Waals surface area contributed by atoms with Gasteiger partial charge in [0, 0.05) is 21.8 Å². The lowest BCUT2D eigenvalue weighted by Gasteiger charge is -2.15. The van der Waals surface area contributed by atoms with Crippen LogP contribution in [0.2, 0.25) is 0 Å². The predicted octanol–water partition coefficient (Wildman–Crippen LogP) is 5.73. The highest BCUT2D eigenvalue weighted by molar-refractivity contribution is 7.16. The fraction of sp³-hybridized carbons (Fsp3) is 0.261. The van der Waals surface area contributed by atoms with Crippen LogP contribution in [0, 0.1) is 0 Å². The second-order valence-electron chi connectivity index (χ2n) is 6.62. The van der Waals surface area contributed by atoms with Crippen LogP contribution in [0.15, 0.2) is 42.5 Å². The maximum absolute atomic E-state index is 10.9. The van der Waals surface area contributed by atoms with Crippen molar-refractivity contribution in [3.05, 3.63) is 64.2 Å². The Morgan fingerprint density at radius 1 is 1.10 bits per heavy atom. The van der Waals surface area contributed by atoms with Crippen LogP contribution in [0.3, 0.4) is 0 Å². The number of allylic oxidation sites excluding steroid dienone is 1. The molecule has 0 aliphatic carbocycles. The van der Waals surface area contributed by atoms with Gasteiger partial charge in [0.15, 0.2) is 5.82 Å². The van der Waals surface area contributed by atoms with Crippen LogP contribution in [-0.4, -0.2) is 21.0 Å². The zero-order valence-electron chi connectivity index (χ0n) is 16.9. The molecule has 6 heteroatoms. The number of rotatable bonds is 8. The fourth-order valence-corrected chi connectivity index (χ4v) is 4.06. The topological polar surface area (TPSA) is 75.1 Å². The molecule has 29 heavy (non-hydrogen) atoms. The minimum atomic E-state index is -0.833. The van der Waals surface area contributed by atoms with Gasteiger partial charge in [0.25, 0.3) is 0 Å². The number of carboxylic acid groups (broad SMARTS) is 1. The Hall–Kier alpha value is -2.99. The van der Waals surface area contributed by atoms with Crippen LogP contribution in [-0.2, 0) is 24.1 Å². The predicted molar refractivity (Wildman–Crippen MR) is 120 cm³/mol. The van der Waals surface area contributed by atoms with E-state index < -0.39 is 5.97 Å². The molecule has 0 radical (unpaired) electrons. The Balaban J connectivity index is 1.96. The molecule has 0 saturated heterocycles. The summed E-state index contributed by atoms with van der Waals surface area (Å²) in [6, 6.07) is 11.6. The van der Waals surface area contributed by atoms with Crippen LogP contribution >= 0.6 is 11.3 Å². The van der Waals surface area contributed by atoms with Gasteiger partial charge >= 0.3 is 5.97 Å². The first-order valence-corrected chi connectivity index (χ1v) is 10.6. The fourth-order valence-electron chi connectivity index (χ4n) is 3.15. The van der Waals surface area contributed by atoms with E-state index in [1.54, 1.807) is 11.3 Å². The number of aryl methyl sites for hydroxylation is 1. The molecule has 3 aromatic rings. The molecule has 3 rings (SSSR count). The second kappa shape index (κ2) is 9.47. The van der Waals surface area contributed by atoms with Gasteiger partial charge in [-0.05, 0) is 55.7 Å². The summed E-state index contributed by atoms with van der Waals surface area (Å²) in [6.45, 7) is 6.22. The first-order chi connectivity index (χ1) is 14.0. The first kappa shape index (κ1) is 20.7. The molecular weight excluding hydrogens is 382 g/mol. The summed E-state index contributed by atoms with van der Waals surface area (Å²) >= 11 is 1.67. The first-order valence-electron chi connectivity index (χ1n) is 9.74. The van der Waals surface area contributed by atoms with Crippen molar-refractivity contribution in [3.8, 4) is 10.7 Å². The zero-order valence-corrected chi connectivity index (χ0v) is 17.7. The highest BCUT2D eigenvalue weighted by Gasteiger charge is 2.15. The SMILES string of the molecule is C/C=C\c1ccc(-c2nc(CC)c(CC)c(Nc3ccc(CC(=O)O)cc3)n2)s1. The van der Waals surface area contributed by atoms with Crippen molar-refractivity contribution in [1.82, 2.24) is 9.97 Å². The maximum atomic E-state index is 10.9. The number of carboxylic acids is 1. The number of aliphatic carboxylic acids is 1. The van der Waals surface area contributed by atoms with E-state index in [0.29, 0.717) is 0 Å². The molecular formula is C23H25N3O2S. The van der Waals surface area contributed by atoms with Gasteiger partial charge in [-0.1, -0.05) is 32.1 Å². The molecule has 0 fully saturated rings. The average molecular weight is 408 g/mol. The molecule has 0 bridgehead atoms. The van der Waals surface area contributed by atoms with E-state index in [0.717, 1.165) is 51.9 Å². The quantitative estimate of drug-likeness (QED) is 0.498. The van der Waals surface area contributed by atoms with Gasteiger partial charge in [-0.25, -0.2) is 9.97 Å². The normalized spacial score (nSPS) is 11.1. The zero-order chi connectivity index (χ0) is 20.8. The number of benzene rings is 1. The highest BCUT2D eigenvalue weighted by Crippen LogP contribution is 2.30. The van der Waals surface area contributed by atoms with Gasteiger partial charge in [-0.2, -0.15) is 0 Å².